The molecule has 1 rings (SSSR count). The van der Waals surface area contributed by atoms with Crippen LogP contribution in [0.15, 0.2) is 0 Å². The summed E-state index contributed by atoms with van der Waals surface area (Å²) in [6.07, 6.45) is 2.54. The van der Waals surface area contributed by atoms with Crippen LogP contribution in [0.2, 0.25) is 0 Å². The highest BCUT2D eigenvalue weighted by Gasteiger charge is 2.14. The average Bonchev–Trinajstić information content (AvgIpc) is 2.50. The van der Waals surface area contributed by atoms with Crippen LogP contribution in [0.25, 0.3) is 0 Å². The summed E-state index contributed by atoms with van der Waals surface area (Å²) in [6, 6.07) is 0. The number of aryl methyl sites for hydroxylation is 2. The van der Waals surface area contributed by atoms with Crippen LogP contribution in [0.1, 0.15) is 37.2 Å². The van der Waals surface area contributed by atoms with Crippen LogP contribution >= 0.6 is 0 Å². The summed E-state index contributed by atoms with van der Waals surface area (Å²) in [7, 11) is 1.92. The molecule has 0 aromatic carbocycles. The van der Waals surface area contributed by atoms with Gasteiger partial charge in [0.2, 0.25) is 0 Å². The van der Waals surface area contributed by atoms with Gasteiger partial charge in [-0.3, -0.25) is 9.48 Å². The van der Waals surface area contributed by atoms with E-state index in [-0.39, 0.29) is 6.42 Å². The molecule has 0 saturated heterocycles. The van der Waals surface area contributed by atoms with Gasteiger partial charge >= 0.3 is 5.97 Å². The van der Waals surface area contributed by atoms with Crippen LogP contribution in [0.4, 0.5) is 0 Å². The van der Waals surface area contributed by atoms with E-state index in [9.17, 15) is 4.79 Å². The molecule has 0 saturated carbocycles. The minimum atomic E-state index is -0.747. The van der Waals surface area contributed by atoms with Crippen LogP contribution in [-0.4, -0.2) is 20.9 Å². The van der Waals surface area contributed by atoms with Crippen molar-refractivity contribution in [3.8, 4) is 0 Å². The molecule has 1 heterocycles. The monoisotopic (exact) mass is 210 g/mol. The molecule has 0 spiro atoms. The van der Waals surface area contributed by atoms with E-state index in [1.807, 2.05) is 18.7 Å². The Bertz CT molecular complexity index is 356. The Kier molecular flexibility index (Phi) is 3.88. The average molecular weight is 210 g/mol. The Hall–Kier alpha value is -1.32. The molecule has 15 heavy (non-hydrogen) atoms. The van der Waals surface area contributed by atoms with Crippen LogP contribution in [-0.2, 0) is 31.1 Å². The van der Waals surface area contributed by atoms with E-state index in [0.717, 1.165) is 29.8 Å². The molecule has 0 aliphatic heterocycles. The molecule has 1 N–H and O–H groups in total. The van der Waals surface area contributed by atoms with Gasteiger partial charge in [-0.2, -0.15) is 5.10 Å². The minimum Gasteiger partial charge on any atom is -0.481 e. The Labute approximate surface area is 89.9 Å². The molecule has 0 aliphatic rings. The van der Waals surface area contributed by atoms with Crippen molar-refractivity contribution in [1.82, 2.24) is 9.78 Å². The van der Waals surface area contributed by atoms with Crippen molar-refractivity contribution >= 4 is 5.97 Å². The van der Waals surface area contributed by atoms with Gasteiger partial charge in [0.25, 0.3) is 0 Å². The number of carboxylic acids is 1. The highest BCUT2D eigenvalue weighted by Crippen LogP contribution is 2.17. The van der Waals surface area contributed by atoms with Gasteiger partial charge in [-0.1, -0.05) is 13.8 Å². The van der Waals surface area contributed by atoms with Crippen LogP contribution in [0.5, 0.6) is 0 Å². The van der Waals surface area contributed by atoms with Gasteiger partial charge < -0.3 is 5.11 Å². The van der Waals surface area contributed by atoms with Gasteiger partial charge in [0, 0.05) is 19.2 Å². The number of rotatable bonds is 5. The molecule has 1 aromatic rings. The van der Waals surface area contributed by atoms with Gasteiger partial charge in [-0.25, -0.2) is 0 Å². The van der Waals surface area contributed by atoms with Crippen molar-refractivity contribution in [3.05, 3.63) is 17.0 Å². The summed E-state index contributed by atoms with van der Waals surface area (Å²) >= 11 is 0. The smallest absolute Gasteiger partial charge is 0.303 e. The summed E-state index contributed by atoms with van der Waals surface area (Å²) in [5.41, 5.74) is 3.33. The molecule has 0 atom stereocenters. The molecule has 0 amide bonds. The first-order valence-electron chi connectivity index (χ1n) is 5.35. The van der Waals surface area contributed by atoms with E-state index >= 15 is 0 Å². The lowest BCUT2D eigenvalue weighted by atomic mass is 10.0. The standard InChI is InChI=1S/C11H18N2O2/c1-4-9-8(6-7-11(14)15)10(5-2)13(3)12-9/h4-7H2,1-3H3,(H,14,15). The summed E-state index contributed by atoms with van der Waals surface area (Å²) < 4.78 is 1.87. The van der Waals surface area contributed by atoms with Gasteiger partial charge in [0.1, 0.15) is 0 Å². The molecule has 4 heteroatoms. The summed E-state index contributed by atoms with van der Waals surface area (Å²) in [5, 5.41) is 13.1. The summed E-state index contributed by atoms with van der Waals surface area (Å²) in [6.45, 7) is 4.12. The molecular formula is C11H18N2O2. The maximum Gasteiger partial charge on any atom is 0.303 e. The summed E-state index contributed by atoms with van der Waals surface area (Å²) in [5.74, 6) is -0.747. The Morgan fingerprint density at radius 1 is 1.40 bits per heavy atom. The second-order valence-corrected chi connectivity index (χ2v) is 3.60. The van der Waals surface area contributed by atoms with Crippen LogP contribution in [0.3, 0.4) is 0 Å². The lowest BCUT2D eigenvalue weighted by Gasteiger charge is -2.02. The van der Waals surface area contributed by atoms with E-state index in [0.29, 0.717) is 6.42 Å². The molecule has 0 unspecified atom stereocenters. The number of carbonyl (C=O) groups is 1. The molecule has 0 bridgehead atoms. The molecule has 84 valence electrons. The summed E-state index contributed by atoms with van der Waals surface area (Å²) in [4.78, 5) is 10.6. The first-order valence-corrected chi connectivity index (χ1v) is 5.35. The highest BCUT2D eigenvalue weighted by molar-refractivity contribution is 5.67. The molecule has 1 aromatic heterocycles. The fourth-order valence-corrected chi connectivity index (χ4v) is 1.91. The van der Waals surface area contributed by atoms with Gasteiger partial charge in [0.15, 0.2) is 0 Å². The third kappa shape index (κ3) is 2.58. The number of aromatic nitrogens is 2. The Morgan fingerprint density at radius 3 is 2.53 bits per heavy atom. The molecular weight excluding hydrogens is 192 g/mol. The maximum atomic E-state index is 10.6. The van der Waals surface area contributed by atoms with E-state index in [1.54, 1.807) is 0 Å². The molecule has 4 nitrogen and oxygen atoms in total. The maximum absolute atomic E-state index is 10.6. The second kappa shape index (κ2) is 4.96. The number of nitrogens with zero attached hydrogens (tertiary/aromatic N) is 2. The zero-order valence-electron chi connectivity index (χ0n) is 9.58. The first-order chi connectivity index (χ1) is 7.10. The lowest BCUT2D eigenvalue weighted by Crippen LogP contribution is -2.02. The Morgan fingerprint density at radius 2 is 2.07 bits per heavy atom. The molecule has 0 fully saturated rings. The van der Waals surface area contributed by atoms with Crippen molar-refractivity contribution < 1.29 is 9.90 Å². The van der Waals surface area contributed by atoms with Crippen LogP contribution in [0, 0.1) is 0 Å². The lowest BCUT2D eigenvalue weighted by molar-refractivity contribution is -0.136. The molecule has 0 radical (unpaired) electrons. The fourth-order valence-electron chi connectivity index (χ4n) is 1.91. The quantitative estimate of drug-likeness (QED) is 0.802. The largest absolute Gasteiger partial charge is 0.481 e. The normalized spacial score (nSPS) is 10.6. The van der Waals surface area contributed by atoms with E-state index in [4.69, 9.17) is 5.11 Å². The van der Waals surface area contributed by atoms with Crippen LogP contribution < -0.4 is 0 Å². The van der Waals surface area contributed by atoms with Gasteiger partial charge in [-0.05, 0) is 24.8 Å². The SMILES string of the molecule is CCc1nn(C)c(CC)c1CCC(=O)O. The highest BCUT2D eigenvalue weighted by atomic mass is 16.4. The van der Waals surface area contributed by atoms with E-state index in [2.05, 4.69) is 12.0 Å². The topological polar surface area (TPSA) is 55.1 Å². The zero-order valence-corrected chi connectivity index (χ0v) is 9.58. The fraction of sp³-hybridized carbons (Fsp3) is 0.636. The van der Waals surface area contributed by atoms with Crippen molar-refractivity contribution in [2.75, 3.05) is 0 Å². The van der Waals surface area contributed by atoms with Crippen molar-refractivity contribution in [2.45, 2.75) is 39.5 Å². The van der Waals surface area contributed by atoms with Crippen molar-refractivity contribution in [3.63, 3.8) is 0 Å². The predicted molar refractivity (Wildman–Crippen MR) is 57.9 cm³/mol. The van der Waals surface area contributed by atoms with Gasteiger partial charge in [0.05, 0.1) is 5.69 Å². The first kappa shape index (κ1) is 11.8. The number of carboxylic acid groups (broad SMARTS) is 1. The number of hydrogen-bond donors (Lipinski definition) is 1. The van der Waals surface area contributed by atoms with Crippen molar-refractivity contribution in [1.29, 1.82) is 0 Å². The third-order valence-corrected chi connectivity index (χ3v) is 2.62. The van der Waals surface area contributed by atoms with E-state index in [1.165, 1.54) is 0 Å². The van der Waals surface area contributed by atoms with Gasteiger partial charge in [-0.15, -0.1) is 0 Å². The third-order valence-electron chi connectivity index (χ3n) is 2.62. The predicted octanol–water partition coefficient (Wildman–Crippen LogP) is 1.56. The van der Waals surface area contributed by atoms with E-state index < -0.39 is 5.97 Å². The molecule has 0 aliphatic carbocycles. The second-order valence-electron chi connectivity index (χ2n) is 3.60. The van der Waals surface area contributed by atoms with Crippen molar-refractivity contribution in [2.24, 2.45) is 7.05 Å². The minimum absolute atomic E-state index is 0.186. The Balaban J connectivity index is 2.95. The zero-order chi connectivity index (χ0) is 11.4. The number of hydrogen-bond acceptors (Lipinski definition) is 2. The number of aliphatic carboxylic acids is 1.